The maximum absolute atomic E-state index is 12.5. The number of carbonyl (C=O) groups is 2. The first-order chi connectivity index (χ1) is 12.4. The lowest BCUT2D eigenvalue weighted by atomic mass is 9.73. The molecule has 3 aliphatic rings. The van der Waals surface area contributed by atoms with Gasteiger partial charge in [0.15, 0.2) is 0 Å². The van der Waals surface area contributed by atoms with E-state index < -0.39 is 0 Å². The molecular weight excluding hydrogens is 350 g/mol. The third-order valence-corrected chi connectivity index (χ3v) is 7.07. The molecule has 4 atom stereocenters. The van der Waals surface area contributed by atoms with Gasteiger partial charge in [-0.25, -0.2) is 4.79 Å². The fourth-order valence-corrected chi connectivity index (χ4v) is 5.69. The van der Waals surface area contributed by atoms with Gasteiger partial charge >= 0.3 is 6.03 Å². The van der Waals surface area contributed by atoms with Gasteiger partial charge in [-0.2, -0.15) is 0 Å². The van der Waals surface area contributed by atoms with Crippen LogP contribution in [0.3, 0.4) is 0 Å². The number of carbonyl (C=O) groups excluding carboxylic acids is 2. The SMILES string of the molecule is Cc1ccsc1C(=O)NC[C@H]1[C@H]2CN(C(=O)NC(C)C)C[C@]23CC[C@H]1O3. The number of nitrogens with zero attached hydrogens (tertiary/aromatic N) is 1. The highest BCUT2D eigenvalue weighted by molar-refractivity contribution is 7.12. The van der Waals surface area contributed by atoms with Crippen molar-refractivity contribution >= 4 is 23.3 Å². The number of hydrogen-bond acceptors (Lipinski definition) is 4. The van der Waals surface area contributed by atoms with Crippen molar-refractivity contribution < 1.29 is 14.3 Å². The number of aryl methyl sites for hydroxylation is 1. The molecule has 3 amide bonds. The lowest BCUT2D eigenvalue weighted by Crippen LogP contribution is -2.43. The zero-order chi connectivity index (χ0) is 18.5. The monoisotopic (exact) mass is 377 g/mol. The molecular formula is C19H27N3O3S. The van der Waals surface area contributed by atoms with Crippen molar-refractivity contribution in [3.05, 3.63) is 21.9 Å². The summed E-state index contributed by atoms with van der Waals surface area (Å²) in [5.41, 5.74) is 0.818. The predicted octanol–water partition coefficient (Wildman–Crippen LogP) is 2.38. The summed E-state index contributed by atoms with van der Waals surface area (Å²) >= 11 is 1.48. The Bertz CT molecular complexity index is 719. The Morgan fingerprint density at radius 2 is 2.27 bits per heavy atom. The Hall–Kier alpha value is -1.60. The van der Waals surface area contributed by atoms with Crippen molar-refractivity contribution in [2.24, 2.45) is 11.8 Å². The van der Waals surface area contributed by atoms with Crippen LogP contribution in [0.25, 0.3) is 0 Å². The quantitative estimate of drug-likeness (QED) is 0.846. The van der Waals surface area contributed by atoms with Crippen molar-refractivity contribution in [1.29, 1.82) is 0 Å². The highest BCUT2D eigenvalue weighted by Crippen LogP contribution is 2.54. The molecule has 1 spiro atoms. The van der Waals surface area contributed by atoms with Crippen molar-refractivity contribution in [3.63, 3.8) is 0 Å². The predicted molar refractivity (Wildman–Crippen MR) is 100 cm³/mol. The summed E-state index contributed by atoms with van der Waals surface area (Å²) in [6.07, 6.45) is 2.25. The Labute approximate surface area is 158 Å². The van der Waals surface area contributed by atoms with Gasteiger partial charge in [0, 0.05) is 31.0 Å². The van der Waals surface area contributed by atoms with Crippen molar-refractivity contribution in [2.75, 3.05) is 19.6 Å². The van der Waals surface area contributed by atoms with Crippen LogP contribution in [0.15, 0.2) is 11.4 Å². The summed E-state index contributed by atoms with van der Waals surface area (Å²) in [7, 11) is 0. The number of hydrogen-bond donors (Lipinski definition) is 2. The normalized spacial score (nSPS) is 32.2. The summed E-state index contributed by atoms with van der Waals surface area (Å²) in [5.74, 6) is 0.593. The molecule has 3 aliphatic heterocycles. The van der Waals surface area contributed by atoms with Gasteiger partial charge in [0.2, 0.25) is 0 Å². The number of urea groups is 1. The molecule has 0 aromatic carbocycles. The summed E-state index contributed by atoms with van der Waals surface area (Å²) in [6.45, 7) is 7.91. The number of amides is 3. The molecule has 142 valence electrons. The number of nitrogens with one attached hydrogen (secondary N) is 2. The van der Waals surface area contributed by atoms with Gasteiger partial charge in [0.1, 0.15) is 0 Å². The minimum atomic E-state index is -0.201. The van der Waals surface area contributed by atoms with Crippen LogP contribution in [0.1, 0.15) is 41.9 Å². The van der Waals surface area contributed by atoms with Gasteiger partial charge in [0.05, 0.1) is 23.1 Å². The van der Waals surface area contributed by atoms with Crippen LogP contribution in [-0.4, -0.2) is 54.2 Å². The summed E-state index contributed by atoms with van der Waals surface area (Å²) in [4.78, 5) is 27.6. The zero-order valence-corrected chi connectivity index (χ0v) is 16.4. The maximum Gasteiger partial charge on any atom is 0.317 e. The standard InChI is InChI=1S/C19H27N3O3S/c1-11(2)21-18(24)22-9-14-13(15-4-6-19(14,10-22)25-15)8-20-17(23)16-12(3)5-7-26-16/h5,7,11,13-15H,4,6,8-10H2,1-3H3,(H,20,23)(H,21,24)/t13-,14+,15+,19+/m0/s1. The molecule has 0 aliphatic carbocycles. The Balaban J connectivity index is 1.41. The van der Waals surface area contributed by atoms with Crippen molar-refractivity contribution in [1.82, 2.24) is 15.5 Å². The number of rotatable bonds is 4. The molecule has 2 N–H and O–H groups in total. The second kappa shape index (κ2) is 6.53. The van der Waals surface area contributed by atoms with Crippen LogP contribution >= 0.6 is 11.3 Å². The zero-order valence-electron chi connectivity index (χ0n) is 15.6. The van der Waals surface area contributed by atoms with Gasteiger partial charge in [-0.1, -0.05) is 0 Å². The number of ether oxygens (including phenoxy) is 1. The van der Waals surface area contributed by atoms with E-state index in [1.54, 1.807) is 0 Å². The van der Waals surface area contributed by atoms with Crippen LogP contribution in [0, 0.1) is 18.8 Å². The summed E-state index contributed by atoms with van der Waals surface area (Å²) in [5, 5.41) is 8.04. The molecule has 0 radical (unpaired) electrons. The third-order valence-electron chi connectivity index (χ3n) is 6.05. The largest absolute Gasteiger partial charge is 0.369 e. The fourth-order valence-electron chi connectivity index (χ4n) is 4.85. The molecule has 6 nitrogen and oxygen atoms in total. The van der Waals surface area contributed by atoms with Gasteiger partial charge in [-0.3, -0.25) is 4.79 Å². The average molecular weight is 378 g/mol. The topological polar surface area (TPSA) is 70.7 Å². The number of likely N-dealkylation sites (tertiary alicyclic amines) is 1. The Morgan fingerprint density at radius 3 is 2.96 bits per heavy atom. The van der Waals surface area contributed by atoms with Gasteiger partial charge < -0.3 is 20.3 Å². The molecule has 3 fully saturated rings. The van der Waals surface area contributed by atoms with E-state index in [4.69, 9.17) is 4.74 Å². The Kier molecular flexibility index (Phi) is 4.47. The van der Waals surface area contributed by atoms with E-state index in [-0.39, 0.29) is 35.6 Å². The van der Waals surface area contributed by atoms with E-state index in [1.165, 1.54) is 11.3 Å². The van der Waals surface area contributed by atoms with Gasteiger partial charge in [-0.15, -0.1) is 11.3 Å². The van der Waals surface area contributed by atoms with E-state index in [9.17, 15) is 9.59 Å². The first-order valence-corrected chi connectivity index (χ1v) is 10.3. The lowest BCUT2D eigenvalue weighted by Gasteiger charge is -2.29. The minimum absolute atomic E-state index is 0.00160. The van der Waals surface area contributed by atoms with E-state index in [0.29, 0.717) is 25.6 Å². The second-order valence-corrected chi connectivity index (χ2v) is 9.07. The van der Waals surface area contributed by atoms with Crippen LogP contribution in [0.5, 0.6) is 0 Å². The van der Waals surface area contributed by atoms with Crippen LogP contribution in [-0.2, 0) is 4.74 Å². The van der Waals surface area contributed by atoms with Crippen LogP contribution < -0.4 is 10.6 Å². The molecule has 0 saturated carbocycles. The fraction of sp³-hybridized carbons (Fsp3) is 0.684. The highest BCUT2D eigenvalue weighted by Gasteiger charge is 2.63. The van der Waals surface area contributed by atoms with E-state index in [1.807, 2.05) is 37.1 Å². The molecule has 4 rings (SSSR count). The van der Waals surface area contributed by atoms with Crippen LogP contribution in [0.4, 0.5) is 4.79 Å². The van der Waals surface area contributed by atoms with E-state index in [2.05, 4.69) is 10.6 Å². The minimum Gasteiger partial charge on any atom is -0.369 e. The van der Waals surface area contributed by atoms with E-state index >= 15 is 0 Å². The molecule has 26 heavy (non-hydrogen) atoms. The molecule has 3 saturated heterocycles. The Morgan fingerprint density at radius 1 is 1.46 bits per heavy atom. The first-order valence-electron chi connectivity index (χ1n) is 9.45. The molecule has 7 heteroatoms. The van der Waals surface area contributed by atoms with Crippen LogP contribution in [0.2, 0.25) is 0 Å². The molecule has 4 heterocycles. The highest BCUT2D eigenvalue weighted by atomic mass is 32.1. The second-order valence-electron chi connectivity index (χ2n) is 8.16. The molecule has 2 bridgehead atoms. The first kappa shape index (κ1) is 17.8. The van der Waals surface area contributed by atoms with Gasteiger partial charge in [0.25, 0.3) is 5.91 Å². The molecule has 1 aromatic heterocycles. The number of fused-ring (bicyclic) bond motifs is 1. The summed E-state index contributed by atoms with van der Waals surface area (Å²) in [6, 6.07) is 2.09. The van der Waals surface area contributed by atoms with Gasteiger partial charge in [-0.05, 0) is 50.6 Å². The molecule has 0 unspecified atom stereocenters. The lowest BCUT2D eigenvalue weighted by molar-refractivity contribution is 0.00548. The maximum atomic E-state index is 12.5. The van der Waals surface area contributed by atoms with Crippen molar-refractivity contribution in [3.8, 4) is 0 Å². The third kappa shape index (κ3) is 2.91. The summed E-state index contributed by atoms with van der Waals surface area (Å²) < 4.78 is 6.36. The van der Waals surface area contributed by atoms with Crippen molar-refractivity contribution in [2.45, 2.75) is 51.4 Å². The smallest absolute Gasteiger partial charge is 0.317 e. The van der Waals surface area contributed by atoms with E-state index in [0.717, 1.165) is 23.3 Å². The molecule has 1 aromatic rings. The average Bonchev–Trinajstić information content (AvgIpc) is 3.31. The number of thiophene rings is 1.